The lowest BCUT2D eigenvalue weighted by molar-refractivity contribution is 0.590. The number of sulfone groups is 1. The molecule has 3 nitrogen and oxygen atoms in total. The van der Waals surface area contributed by atoms with Crippen LogP contribution in [-0.2, 0) is 9.84 Å². The van der Waals surface area contributed by atoms with Gasteiger partial charge in [0.15, 0.2) is 0 Å². The van der Waals surface area contributed by atoms with Crippen molar-refractivity contribution in [2.45, 2.75) is 9.79 Å². The molecule has 0 N–H and O–H groups in total. The Balaban J connectivity index is 2.20. The van der Waals surface area contributed by atoms with E-state index in [1.54, 1.807) is 6.07 Å². The van der Waals surface area contributed by atoms with Crippen molar-refractivity contribution < 1.29 is 17.2 Å². The summed E-state index contributed by atoms with van der Waals surface area (Å²) in [4.78, 5) is 3.58. The number of hydrogen-bond acceptors (Lipinski definition) is 3. The lowest BCUT2D eigenvalue weighted by Crippen LogP contribution is -2.03. The second kappa shape index (κ2) is 4.89. The van der Waals surface area contributed by atoms with Crippen molar-refractivity contribution in [2.24, 2.45) is 0 Å². The van der Waals surface area contributed by atoms with E-state index in [9.17, 15) is 17.2 Å². The van der Waals surface area contributed by atoms with Crippen molar-refractivity contribution in [3.8, 4) is 0 Å². The summed E-state index contributed by atoms with van der Waals surface area (Å²) in [6.45, 7) is 0. The topological polar surface area (TPSA) is 47.0 Å². The average molecular weight is 305 g/mol. The van der Waals surface area contributed by atoms with Gasteiger partial charge in [-0.1, -0.05) is 18.2 Å². The molecule has 0 spiro atoms. The summed E-state index contributed by atoms with van der Waals surface area (Å²) in [5, 5.41) is 0.368. The van der Waals surface area contributed by atoms with Gasteiger partial charge in [0, 0.05) is 11.6 Å². The number of hydrogen-bond donors (Lipinski definition) is 0. The summed E-state index contributed by atoms with van der Waals surface area (Å²) < 4.78 is 51.5. The summed E-state index contributed by atoms with van der Waals surface area (Å²) >= 11 is 0. The summed E-state index contributed by atoms with van der Waals surface area (Å²) in [6.07, 6.45) is 1.08. The average Bonchev–Trinajstić information content (AvgIpc) is 2.47. The van der Waals surface area contributed by atoms with Gasteiger partial charge in [0.1, 0.15) is 17.2 Å². The second-order valence-electron chi connectivity index (χ2n) is 4.44. The standard InChI is InChI=1S/C15H9F2NO2S/c16-11-4-2-5-12(8-11)21(19,20)13-7-10-3-1-6-14(17)15(10)18-9-13/h1-9H. The van der Waals surface area contributed by atoms with Gasteiger partial charge < -0.3 is 0 Å². The summed E-state index contributed by atoms with van der Waals surface area (Å²) in [6, 6.07) is 10.3. The largest absolute Gasteiger partial charge is 0.252 e. The third-order valence-electron chi connectivity index (χ3n) is 3.05. The molecule has 1 aromatic heterocycles. The third kappa shape index (κ3) is 2.38. The molecule has 6 heteroatoms. The van der Waals surface area contributed by atoms with Crippen LogP contribution in [-0.4, -0.2) is 13.4 Å². The molecule has 0 amide bonds. The van der Waals surface area contributed by atoms with Crippen LogP contribution in [0.15, 0.2) is 64.5 Å². The molecule has 0 aliphatic heterocycles. The quantitative estimate of drug-likeness (QED) is 0.729. The van der Waals surface area contributed by atoms with Gasteiger partial charge in [-0.3, -0.25) is 4.98 Å². The molecule has 0 radical (unpaired) electrons. The third-order valence-corrected chi connectivity index (χ3v) is 4.77. The van der Waals surface area contributed by atoms with E-state index in [-0.39, 0.29) is 15.3 Å². The minimum atomic E-state index is -3.89. The zero-order valence-electron chi connectivity index (χ0n) is 10.6. The molecule has 21 heavy (non-hydrogen) atoms. The Morgan fingerprint density at radius 2 is 1.67 bits per heavy atom. The first-order valence-electron chi connectivity index (χ1n) is 6.03. The van der Waals surface area contributed by atoms with Crippen LogP contribution in [0.3, 0.4) is 0 Å². The van der Waals surface area contributed by atoms with Gasteiger partial charge in [0.05, 0.1) is 9.79 Å². The summed E-state index contributed by atoms with van der Waals surface area (Å²) in [7, 11) is -3.89. The van der Waals surface area contributed by atoms with Gasteiger partial charge in [0.25, 0.3) is 0 Å². The Morgan fingerprint density at radius 3 is 2.43 bits per heavy atom. The first kappa shape index (κ1) is 13.6. The predicted molar refractivity (Wildman–Crippen MR) is 73.6 cm³/mol. The van der Waals surface area contributed by atoms with Crippen molar-refractivity contribution in [3.63, 3.8) is 0 Å². The maximum atomic E-state index is 13.5. The smallest absolute Gasteiger partial charge is 0.208 e. The Kier molecular flexibility index (Phi) is 3.17. The molecule has 0 atom stereocenters. The van der Waals surface area contributed by atoms with E-state index in [1.807, 2.05) is 0 Å². The molecule has 0 aliphatic rings. The van der Waals surface area contributed by atoms with Crippen LogP contribution < -0.4 is 0 Å². The molecule has 0 saturated heterocycles. The highest BCUT2D eigenvalue weighted by Crippen LogP contribution is 2.24. The van der Waals surface area contributed by atoms with E-state index >= 15 is 0 Å². The molecule has 0 saturated carbocycles. The van der Waals surface area contributed by atoms with Crippen molar-refractivity contribution in [3.05, 3.63) is 66.4 Å². The fraction of sp³-hybridized carbons (Fsp3) is 0. The molecule has 0 unspecified atom stereocenters. The van der Waals surface area contributed by atoms with Gasteiger partial charge in [-0.2, -0.15) is 0 Å². The molecular formula is C15H9F2NO2S. The number of pyridine rings is 1. The number of para-hydroxylation sites is 1. The molecule has 3 rings (SSSR count). The number of halogens is 2. The fourth-order valence-corrected chi connectivity index (χ4v) is 3.29. The summed E-state index contributed by atoms with van der Waals surface area (Å²) in [5.74, 6) is -1.17. The minimum Gasteiger partial charge on any atom is -0.252 e. The molecule has 1 heterocycles. The van der Waals surface area contributed by atoms with Crippen LogP contribution in [0.5, 0.6) is 0 Å². The van der Waals surface area contributed by atoms with E-state index < -0.39 is 21.5 Å². The highest BCUT2D eigenvalue weighted by atomic mass is 32.2. The zero-order chi connectivity index (χ0) is 15.0. The van der Waals surface area contributed by atoms with E-state index in [0.717, 1.165) is 18.3 Å². The van der Waals surface area contributed by atoms with Crippen molar-refractivity contribution >= 4 is 20.7 Å². The predicted octanol–water partition coefficient (Wildman–Crippen LogP) is 3.35. The molecular weight excluding hydrogens is 296 g/mol. The van der Waals surface area contributed by atoms with Gasteiger partial charge in [0.2, 0.25) is 9.84 Å². The number of rotatable bonds is 2. The van der Waals surface area contributed by atoms with Crippen molar-refractivity contribution in [1.82, 2.24) is 4.98 Å². The molecule has 3 aromatic rings. The van der Waals surface area contributed by atoms with Crippen LogP contribution >= 0.6 is 0 Å². The maximum absolute atomic E-state index is 13.5. The maximum Gasteiger partial charge on any atom is 0.208 e. The van der Waals surface area contributed by atoms with E-state index in [0.29, 0.717) is 5.39 Å². The lowest BCUT2D eigenvalue weighted by atomic mass is 10.2. The van der Waals surface area contributed by atoms with Crippen molar-refractivity contribution in [2.75, 3.05) is 0 Å². The highest BCUT2D eigenvalue weighted by molar-refractivity contribution is 7.91. The van der Waals surface area contributed by atoms with Crippen LogP contribution in [0.1, 0.15) is 0 Å². The molecule has 106 valence electrons. The normalized spacial score (nSPS) is 11.7. The van der Waals surface area contributed by atoms with E-state index in [4.69, 9.17) is 0 Å². The van der Waals surface area contributed by atoms with Gasteiger partial charge in [-0.15, -0.1) is 0 Å². The molecule has 0 aliphatic carbocycles. The Labute approximate surface area is 119 Å². The fourth-order valence-electron chi connectivity index (χ4n) is 2.02. The second-order valence-corrected chi connectivity index (χ2v) is 6.39. The minimum absolute atomic E-state index is 0.0932. The summed E-state index contributed by atoms with van der Waals surface area (Å²) in [5.41, 5.74) is 0.0932. The first-order chi connectivity index (χ1) is 9.98. The van der Waals surface area contributed by atoms with Gasteiger partial charge >= 0.3 is 0 Å². The van der Waals surface area contributed by atoms with Gasteiger partial charge in [-0.05, 0) is 30.3 Å². The zero-order valence-corrected chi connectivity index (χ0v) is 11.4. The molecule has 2 aromatic carbocycles. The first-order valence-corrected chi connectivity index (χ1v) is 7.52. The van der Waals surface area contributed by atoms with Crippen LogP contribution in [0.2, 0.25) is 0 Å². The molecule has 0 bridgehead atoms. The number of benzene rings is 2. The number of nitrogens with zero attached hydrogens (tertiary/aromatic N) is 1. The highest BCUT2D eigenvalue weighted by Gasteiger charge is 2.19. The number of fused-ring (bicyclic) bond motifs is 1. The Bertz CT molecular complexity index is 939. The van der Waals surface area contributed by atoms with E-state index in [2.05, 4.69) is 4.98 Å². The van der Waals surface area contributed by atoms with Crippen LogP contribution in [0.4, 0.5) is 8.78 Å². The Hall–Kier alpha value is -2.34. The Morgan fingerprint density at radius 1 is 0.905 bits per heavy atom. The number of aromatic nitrogens is 1. The van der Waals surface area contributed by atoms with Crippen LogP contribution in [0.25, 0.3) is 10.9 Å². The van der Waals surface area contributed by atoms with Gasteiger partial charge in [-0.25, -0.2) is 17.2 Å². The molecule has 0 fully saturated rings. The monoisotopic (exact) mass is 305 g/mol. The lowest BCUT2D eigenvalue weighted by Gasteiger charge is -2.06. The SMILES string of the molecule is O=S(=O)(c1cccc(F)c1)c1cnc2c(F)cccc2c1. The van der Waals surface area contributed by atoms with Crippen LogP contribution in [0, 0.1) is 11.6 Å². The van der Waals surface area contributed by atoms with E-state index in [1.165, 1.54) is 30.3 Å². The van der Waals surface area contributed by atoms with Crippen molar-refractivity contribution in [1.29, 1.82) is 0 Å².